The Morgan fingerprint density at radius 1 is 1.47 bits per heavy atom. The maximum atomic E-state index is 11.0. The van der Waals surface area contributed by atoms with Crippen molar-refractivity contribution in [3.63, 3.8) is 0 Å². The van der Waals surface area contributed by atoms with E-state index in [0.717, 1.165) is 10.0 Å². The lowest BCUT2D eigenvalue weighted by Gasteiger charge is -2.07. The highest BCUT2D eigenvalue weighted by Crippen LogP contribution is 2.19. The number of carbonyl (C=O) groups excluding carboxylic acids is 1. The summed E-state index contributed by atoms with van der Waals surface area (Å²) in [6.07, 6.45) is 2.74. The number of aliphatic hydroxyl groups excluding tert-OH is 1. The van der Waals surface area contributed by atoms with E-state index < -0.39 is 6.10 Å². The maximum Gasteiger partial charge on any atom is 0.330 e. The van der Waals surface area contributed by atoms with Crippen LogP contribution in [0.4, 0.5) is 0 Å². The van der Waals surface area contributed by atoms with Crippen LogP contribution >= 0.6 is 15.9 Å². The fourth-order valence-electron chi connectivity index (χ4n) is 1.30. The molecule has 1 unspecified atom stereocenters. The lowest BCUT2D eigenvalue weighted by Crippen LogP contribution is -2.00. The van der Waals surface area contributed by atoms with Crippen LogP contribution in [0.1, 0.15) is 25.0 Å². The number of benzene rings is 1. The van der Waals surface area contributed by atoms with Crippen molar-refractivity contribution in [1.29, 1.82) is 0 Å². The second kappa shape index (κ2) is 7.25. The molecule has 0 aliphatic rings. The molecule has 92 valence electrons. The SMILES string of the molecule is CCOC(=O)/C=C/CC(O)c1ccc(Br)cc1. The Balaban J connectivity index is 2.47. The second-order valence-electron chi connectivity index (χ2n) is 3.46. The van der Waals surface area contributed by atoms with Gasteiger partial charge in [0, 0.05) is 10.5 Å². The van der Waals surface area contributed by atoms with Gasteiger partial charge in [0.05, 0.1) is 12.7 Å². The fraction of sp³-hybridized carbons (Fsp3) is 0.308. The zero-order chi connectivity index (χ0) is 12.7. The lowest BCUT2D eigenvalue weighted by molar-refractivity contribution is -0.137. The molecule has 1 atom stereocenters. The first-order valence-electron chi connectivity index (χ1n) is 5.40. The Labute approximate surface area is 109 Å². The van der Waals surface area contributed by atoms with Crippen LogP contribution in [-0.2, 0) is 9.53 Å². The van der Waals surface area contributed by atoms with Crippen LogP contribution in [0, 0.1) is 0 Å². The second-order valence-corrected chi connectivity index (χ2v) is 4.37. The van der Waals surface area contributed by atoms with Crippen LogP contribution in [0.15, 0.2) is 40.9 Å². The van der Waals surface area contributed by atoms with E-state index >= 15 is 0 Å². The Bertz CT molecular complexity index is 384. The minimum absolute atomic E-state index is 0.360. The van der Waals surface area contributed by atoms with Gasteiger partial charge in [0.2, 0.25) is 0 Å². The van der Waals surface area contributed by atoms with Crippen molar-refractivity contribution >= 4 is 21.9 Å². The molecule has 0 bridgehead atoms. The van der Waals surface area contributed by atoms with Crippen molar-refractivity contribution in [2.45, 2.75) is 19.4 Å². The van der Waals surface area contributed by atoms with Crippen molar-refractivity contribution < 1.29 is 14.6 Å². The number of carbonyl (C=O) groups is 1. The average molecular weight is 299 g/mol. The van der Waals surface area contributed by atoms with Crippen LogP contribution in [0.3, 0.4) is 0 Å². The van der Waals surface area contributed by atoms with Crippen LogP contribution in [0.2, 0.25) is 0 Å². The third-order valence-corrected chi connectivity index (χ3v) is 2.68. The molecule has 0 saturated heterocycles. The number of ether oxygens (including phenoxy) is 1. The molecule has 0 aromatic heterocycles. The minimum atomic E-state index is -0.603. The van der Waals surface area contributed by atoms with Gasteiger partial charge in [-0.05, 0) is 31.0 Å². The summed E-state index contributed by atoms with van der Waals surface area (Å²) in [6.45, 7) is 2.11. The number of hydrogen-bond donors (Lipinski definition) is 1. The van der Waals surface area contributed by atoms with E-state index in [0.29, 0.717) is 13.0 Å². The normalized spacial score (nSPS) is 12.6. The zero-order valence-corrected chi connectivity index (χ0v) is 11.2. The van der Waals surface area contributed by atoms with Gasteiger partial charge in [0.25, 0.3) is 0 Å². The Morgan fingerprint density at radius 3 is 2.71 bits per heavy atom. The molecule has 1 aromatic carbocycles. The highest BCUT2D eigenvalue weighted by molar-refractivity contribution is 9.10. The summed E-state index contributed by atoms with van der Waals surface area (Å²) >= 11 is 3.33. The molecule has 3 nitrogen and oxygen atoms in total. The van der Waals surface area contributed by atoms with Crippen LogP contribution < -0.4 is 0 Å². The molecule has 0 spiro atoms. The first kappa shape index (κ1) is 13.9. The van der Waals surface area contributed by atoms with Gasteiger partial charge in [-0.2, -0.15) is 0 Å². The number of halogens is 1. The molecular formula is C13H15BrO3. The van der Waals surface area contributed by atoms with Gasteiger partial charge in [-0.1, -0.05) is 34.1 Å². The Kier molecular flexibility index (Phi) is 5.94. The van der Waals surface area contributed by atoms with E-state index in [1.165, 1.54) is 6.08 Å². The number of esters is 1. The molecule has 1 aromatic rings. The highest BCUT2D eigenvalue weighted by Gasteiger charge is 2.05. The van der Waals surface area contributed by atoms with Crippen molar-refractivity contribution in [1.82, 2.24) is 0 Å². The van der Waals surface area contributed by atoms with E-state index in [2.05, 4.69) is 15.9 Å². The van der Waals surface area contributed by atoms with Gasteiger partial charge in [0.15, 0.2) is 0 Å². The molecule has 0 amide bonds. The molecule has 0 aliphatic heterocycles. The molecule has 0 aliphatic carbocycles. The zero-order valence-electron chi connectivity index (χ0n) is 9.60. The van der Waals surface area contributed by atoms with E-state index in [1.807, 2.05) is 24.3 Å². The fourth-order valence-corrected chi connectivity index (χ4v) is 1.57. The van der Waals surface area contributed by atoms with Crippen molar-refractivity contribution in [3.05, 3.63) is 46.5 Å². The molecule has 1 rings (SSSR count). The Morgan fingerprint density at radius 2 is 2.12 bits per heavy atom. The van der Waals surface area contributed by atoms with Crippen molar-refractivity contribution in [3.8, 4) is 0 Å². The third kappa shape index (κ3) is 5.15. The summed E-state index contributed by atoms with van der Waals surface area (Å²) in [5.74, 6) is -0.379. The largest absolute Gasteiger partial charge is 0.463 e. The van der Waals surface area contributed by atoms with E-state index in [1.54, 1.807) is 13.0 Å². The predicted octanol–water partition coefficient (Wildman–Crippen LogP) is 2.99. The average Bonchev–Trinajstić information content (AvgIpc) is 2.30. The predicted molar refractivity (Wildman–Crippen MR) is 69.5 cm³/mol. The number of hydrogen-bond acceptors (Lipinski definition) is 3. The molecule has 0 fully saturated rings. The number of rotatable bonds is 5. The van der Waals surface area contributed by atoms with Crippen LogP contribution in [0.25, 0.3) is 0 Å². The first-order valence-corrected chi connectivity index (χ1v) is 6.19. The van der Waals surface area contributed by atoms with Gasteiger partial charge in [-0.3, -0.25) is 0 Å². The van der Waals surface area contributed by atoms with Crippen molar-refractivity contribution in [2.24, 2.45) is 0 Å². The summed E-state index contributed by atoms with van der Waals surface area (Å²) < 4.78 is 5.70. The van der Waals surface area contributed by atoms with Crippen molar-refractivity contribution in [2.75, 3.05) is 6.61 Å². The van der Waals surface area contributed by atoms with Gasteiger partial charge >= 0.3 is 5.97 Å². The molecule has 0 radical (unpaired) electrons. The maximum absolute atomic E-state index is 11.0. The van der Waals surface area contributed by atoms with Crippen LogP contribution in [0.5, 0.6) is 0 Å². The topological polar surface area (TPSA) is 46.5 Å². The smallest absolute Gasteiger partial charge is 0.330 e. The molecule has 17 heavy (non-hydrogen) atoms. The van der Waals surface area contributed by atoms with E-state index in [9.17, 15) is 9.90 Å². The molecule has 0 saturated carbocycles. The third-order valence-electron chi connectivity index (χ3n) is 2.15. The first-order chi connectivity index (χ1) is 8.13. The van der Waals surface area contributed by atoms with Gasteiger partial charge in [0.1, 0.15) is 0 Å². The highest BCUT2D eigenvalue weighted by atomic mass is 79.9. The molecule has 0 heterocycles. The standard InChI is InChI=1S/C13H15BrO3/c1-2-17-13(16)5-3-4-12(15)10-6-8-11(14)9-7-10/h3,5-9,12,15H,2,4H2,1H3/b5-3+. The van der Waals surface area contributed by atoms with Crippen LogP contribution in [-0.4, -0.2) is 17.7 Å². The van der Waals surface area contributed by atoms with E-state index in [4.69, 9.17) is 4.74 Å². The van der Waals surface area contributed by atoms with E-state index in [-0.39, 0.29) is 5.97 Å². The van der Waals surface area contributed by atoms with Gasteiger partial charge in [-0.25, -0.2) is 4.79 Å². The molecular weight excluding hydrogens is 284 g/mol. The Hall–Kier alpha value is -1.13. The molecule has 1 N–H and O–H groups in total. The van der Waals surface area contributed by atoms with Gasteiger partial charge in [-0.15, -0.1) is 0 Å². The summed E-state index contributed by atoms with van der Waals surface area (Å²) in [4.78, 5) is 11.0. The summed E-state index contributed by atoms with van der Waals surface area (Å²) in [5, 5.41) is 9.84. The molecule has 4 heteroatoms. The van der Waals surface area contributed by atoms with Gasteiger partial charge < -0.3 is 9.84 Å². The summed E-state index contributed by atoms with van der Waals surface area (Å²) in [5.41, 5.74) is 0.821. The minimum Gasteiger partial charge on any atom is -0.463 e. The summed E-state index contributed by atoms with van der Waals surface area (Å²) in [7, 11) is 0. The lowest BCUT2D eigenvalue weighted by atomic mass is 10.1. The quantitative estimate of drug-likeness (QED) is 0.671. The number of aliphatic hydroxyl groups is 1. The summed E-state index contributed by atoms with van der Waals surface area (Å²) in [6, 6.07) is 7.42. The monoisotopic (exact) mass is 298 g/mol.